The summed E-state index contributed by atoms with van der Waals surface area (Å²) in [6.07, 6.45) is 2.82. The Hall–Kier alpha value is -1.81. The first kappa shape index (κ1) is 15.6. The van der Waals surface area contributed by atoms with Crippen molar-refractivity contribution in [3.63, 3.8) is 0 Å². The van der Waals surface area contributed by atoms with Crippen LogP contribution in [0.25, 0.3) is 0 Å². The van der Waals surface area contributed by atoms with Gasteiger partial charge in [0.1, 0.15) is 6.61 Å². The third kappa shape index (κ3) is 4.60. The number of hydrogen-bond acceptors (Lipinski definition) is 3. The predicted octanol–water partition coefficient (Wildman–Crippen LogP) is 4.41. The van der Waals surface area contributed by atoms with Crippen molar-refractivity contribution in [2.75, 3.05) is 0 Å². The molecule has 0 fully saturated rings. The van der Waals surface area contributed by atoms with Crippen LogP contribution in [0, 0.1) is 0 Å². The van der Waals surface area contributed by atoms with Crippen LogP contribution in [0.15, 0.2) is 60.8 Å². The fourth-order valence-corrected chi connectivity index (χ4v) is 2.15. The lowest BCUT2D eigenvalue weighted by Crippen LogP contribution is -2.08. The molecule has 0 amide bonds. The molecule has 2 aromatic rings. The zero-order chi connectivity index (χ0) is 15.1. The first-order valence-electron chi connectivity index (χ1n) is 6.24. The van der Waals surface area contributed by atoms with Gasteiger partial charge < -0.3 is 0 Å². The van der Waals surface area contributed by atoms with E-state index < -0.39 is 0 Å². The second kappa shape index (κ2) is 7.84. The van der Waals surface area contributed by atoms with Gasteiger partial charge >= 0.3 is 0 Å². The van der Waals surface area contributed by atoms with E-state index in [1.165, 1.54) is 12.3 Å². The molecule has 5 heteroatoms. The maximum Gasteiger partial charge on any atom is 0.187 e. The van der Waals surface area contributed by atoms with Crippen molar-refractivity contribution < 1.29 is 9.63 Å². The Kier molecular flexibility index (Phi) is 5.81. The summed E-state index contributed by atoms with van der Waals surface area (Å²) >= 11 is 12.0. The highest BCUT2D eigenvalue weighted by Gasteiger charge is 2.05. The molecule has 2 aromatic carbocycles. The first-order chi connectivity index (χ1) is 10.2. The Morgan fingerprint density at radius 1 is 1.05 bits per heavy atom. The topological polar surface area (TPSA) is 38.3 Å². The normalized spacial score (nSPS) is 10.8. The zero-order valence-electron chi connectivity index (χ0n) is 11.1. The van der Waals surface area contributed by atoms with Crippen molar-refractivity contribution in [3.05, 3.63) is 82.0 Å². The second-order valence-corrected chi connectivity index (χ2v) is 4.98. The van der Waals surface area contributed by atoms with Gasteiger partial charge in [0.05, 0.1) is 0 Å². The summed E-state index contributed by atoms with van der Waals surface area (Å²) in [6.45, 7) is 0.197. The minimum atomic E-state index is -0.109. The predicted molar refractivity (Wildman–Crippen MR) is 84.3 cm³/mol. The lowest BCUT2D eigenvalue weighted by Gasteiger charge is -2.06. The molecule has 0 saturated carbocycles. The van der Waals surface area contributed by atoms with E-state index in [4.69, 9.17) is 28.0 Å². The molecule has 0 atom stereocenters. The number of benzene rings is 2. The van der Waals surface area contributed by atoms with Crippen molar-refractivity contribution >= 4 is 29.0 Å². The van der Waals surface area contributed by atoms with E-state index in [1.54, 1.807) is 30.3 Å². The van der Waals surface area contributed by atoms with Gasteiger partial charge in [-0.15, -0.1) is 0 Å². The van der Waals surface area contributed by atoms with Crippen LogP contribution in [0.1, 0.15) is 15.9 Å². The van der Waals surface area contributed by atoms with Crippen LogP contribution in [0.2, 0.25) is 10.0 Å². The molecule has 1 N–H and O–H groups in total. The first-order valence-corrected chi connectivity index (χ1v) is 7.00. The number of carbonyl (C=O) groups excluding carboxylic acids is 1. The minimum absolute atomic E-state index is 0.109. The molecule has 0 aromatic heterocycles. The van der Waals surface area contributed by atoms with Gasteiger partial charge in [0.25, 0.3) is 0 Å². The number of carbonyl (C=O) groups is 1. The molecule has 0 aliphatic carbocycles. The fraction of sp³-hybridized carbons (Fsp3) is 0.0625. The fourth-order valence-electron chi connectivity index (χ4n) is 1.64. The van der Waals surface area contributed by atoms with Gasteiger partial charge in [-0.25, -0.2) is 0 Å². The molecule has 3 nitrogen and oxygen atoms in total. The van der Waals surface area contributed by atoms with Crippen LogP contribution in [0.4, 0.5) is 0 Å². The van der Waals surface area contributed by atoms with E-state index in [1.807, 2.05) is 18.2 Å². The molecule has 0 aliphatic heterocycles. The van der Waals surface area contributed by atoms with Crippen molar-refractivity contribution in [1.29, 1.82) is 0 Å². The third-order valence-corrected chi connectivity index (χ3v) is 3.43. The molecule has 0 unspecified atom stereocenters. The van der Waals surface area contributed by atoms with Gasteiger partial charge in [0.15, 0.2) is 5.78 Å². The number of halogens is 2. The van der Waals surface area contributed by atoms with Crippen LogP contribution >= 0.6 is 23.2 Å². The maximum absolute atomic E-state index is 11.8. The lowest BCUT2D eigenvalue weighted by molar-refractivity contribution is 0.0573. The molecule has 2 rings (SSSR count). The van der Waals surface area contributed by atoms with E-state index in [2.05, 4.69) is 5.48 Å². The molecule has 0 saturated heterocycles. The highest BCUT2D eigenvalue weighted by atomic mass is 35.5. The molecule has 108 valence electrons. The van der Waals surface area contributed by atoms with Crippen LogP contribution in [-0.2, 0) is 11.4 Å². The summed E-state index contributed by atoms with van der Waals surface area (Å²) < 4.78 is 0. The van der Waals surface area contributed by atoms with Gasteiger partial charge in [-0.3, -0.25) is 15.1 Å². The molecular weight excluding hydrogens is 309 g/mol. The average Bonchev–Trinajstić information content (AvgIpc) is 2.50. The summed E-state index contributed by atoms with van der Waals surface area (Å²) in [5.74, 6) is -0.109. The molecule has 0 spiro atoms. The largest absolute Gasteiger partial charge is 0.289 e. The summed E-state index contributed by atoms with van der Waals surface area (Å²) in [6, 6.07) is 14.2. The van der Waals surface area contributed by atoms with Crippen molar-refractivity contribution in [1.82, 2.24) is 5.48 Å². The third-order valence-electron chi connectivity index (χ3n) is 2.72. The number of allylic oxidation sites excluding steroid dienone is 1. The average molecular weight is 322 g/mol. The summed E-state index contributed by atoms with van der Waals surface area (Å²) in [7, 11) is 0. The van der Waals surface area contributed by atoms with E-state index in [0.717, 1.165) is 0 Å². The maximum atomic E-state index is 11.8. The Balaban J connectivity index is 1.82. The number of nitrogens with one attached hydrogen (secondary N) is 1. The van der Waals surface area contributed by atoms with Gasteiger partial charge in [0, 0.05) is 33.4 Å². The van der Waals surface area contributed by atoms with Gasteiger partial charge in [-0.2, -0.15) is 0 Å². The van der Waals surface area contributed by atoms with Crippen LogP contribution in [0.3, 0.4) is 0 Å². The van der Waals surface area contributed by atoms with Crippen LogP contribution < -0.4 is 5.48 Å². The Bertz CT molecular complexity index is 622. The van der Waals surface area contributed by atoms with E-state index in [-0.39, 0.29) is 12.4 Å². The quantitative estimate of drug-likeness (QED) is 0.370. The van der Waals surface area contributed by atoms with E-state index in [0.29, 0.717) is 21.2 Å². The van der Waals surface area contributed by atoms with Crippen molar-refractivity contribution in [2.24, 2.45) is 0 Å². The standard InChI is InChI=1S/C16H13Cl2NO2/c17-14-7-4-8-15(18)13(14)11-21-19-10-9-16(20)12-5-2-1-3-6-12/h1-10,19H,11H2. The van der Waals surface area contributed by atoms with E-state index >= 15 is 0 Å². The lowest BCUT2D eigenvalue weighted by atomic mass is 10.1. The molecule has 21 heavy (non-hydrogen) atoms. The van der Waals surface area contributed by atoms with Crippen LogP contribution in [-0.4, -0.2) is 5.78 Å². The molecular formula is C16H13Cl2NO2. The molecule has 0 heterocycles. The molecule has 0 bridgehead atoms. The Morgan fingerprint density at radius 2 is 1.71 bits per heavy atom. The van der Waals surface area contributed by atoms with Gasteiger partial charge in [-0.1, -0.05) is 59.6 Å². The Morgan fingerprint density at radius 3 is 2.38 bits per heavy atom. The number of ketones is 1. The van der Waals surface area contributed by atoms with Gasteiger partial charge in [0.2, 0.25) is 0 Å². The highest BCUT2D eigenvalue weighted by molar-refractivity contribution is 6.35. The smallest absolute Gasteiger partial charge is 0.187 e. The number of hydrogen-bond donors (Lipinski definition) is 1. The monoisotopic (exact) mass is 321 g/mol. The van der Waals surface area contributed by atoms with Crippen molar-refractivity contribution in [2.45, 2.75) is 6.61 Å². The summed E-state index contributed by atoms with van der Waals surface area (Å²) in [4.78, 5) is 17.0. The van der Waals surface area contributed by atoms with Gasteiger partial charge in [-0.05, 0) is 12.1 Å². The van der Waals surface area contributed by atoms with Crippen LogP contribution in [0.5, 0.6) is 0 Å². The zero-order valence-corrected chi connectivity index (χ0v) is 12.6. The molecule has 0 radical (unpaired) electrons. The Labute approximate surface area is 133 Å². The minimum Gasteiger partial charge on any atom is -0.289 e. The summed E-state index contributed by atoms with van der Waals surface area (Å²) in [5.41, 5.74) is 3.88. The molecule has 0 aliphatic rings. The number of rotatable bonds is 6. The summed E-state index contributed by atoms with van der Waals surface area (Å²) in [5, 5.41) is 1.07. The highest BCUT2D eigenvalue weighted by Crippen LogP contribution is 2.24. The van der Waals surface area contributed by atoms with E-state index in [9.17, 15) is 4.79 Å². The second-order valence-electron chi connectivity index (χ2n) is 4.17. The van der Waals surface area contributed by atoms with Crippen molar-refractivity contribution in [3.8, 4) is 0 Å². The SMILES string of the molecule is O=C(C=CNOCc1c(Cl)cccc1Cl)c1ccccc1. The number of hydroxylamine groups is 1.